The largest absolute Gasteiger partial charge is 0.419 e. The zero-order valence-electron chi connectivity index (χ0n) is 15.9. The highest BCUT2D eigenvalue weighted by molar-refractivity contribution is 7.59. The van der Waals surface area contributed by atoms with E-state index in [9.17, 15) is 26.7 Å². The molecular formula is C18H15F5N6OS. The molecule has 0 unspecified atom stereocenters. The van der Waals surface area contributed by atoms with Crippen LogP contribution in [0.15, 0.2) is 30.6 Å². The van der Waals surface area contributed by atoms with Crippen LogP contribution in [0.5, 0.6) is 0 Å². The number of hydrogen-bond acceptors (Lipinski definition) is 5. The van der Waals surface area contributed by atoms with Crippen LogP contribution in [-0.4, -0.2) is 41.8 Å². The van der Waals surface area contributed by atoms with Gasteiger partial charge in [-0.3, -0.25) is 4.79 Å². The molecule has 1 amide bonds. The molecule has 164 valence electrons. The van der Waals surface area contributed by atoms with Crippen molar-refractivity contribution in [3.63, 3.8) is 0 Å². The van der Waals surface area contributed by atoms with E-state index in [-0.39, 0.29) is 32.4 Å². The third-order valence-electron chi connectivity index (χ3n) is 4.78. The quantitative estimate of drug-likeness (QED) is 0.552. The Labute approximate surface area is 179 Å². The molecule has 0 radical (unpaired) electrons. The van der Waals surface area contributed by atoms with Crippen LogP contribution in [0.3, 0.4) is 0 Å². The third kappa shape index (κ3) is 4.09. The molecule has 0 spiro atoms. The van der Waals surface area contributed by atoms with Crippen molar-refractivity contribution in [2.24, 2.45) is 0 Å². The Bertz CT molecular complexity index is 1120. The minimum absolute atomic E-state index is 0. The van der Waals surface area contributed by atoms with Gasteiger partial charge in [0.2, 0.25) is 0 Å². The van der Waals surface area contributed by atoms with Crippen LogP contribution in [0.25, 0.3) is 5.95 Å². The first-order valence-corrected chi connectivity index (χ1v) is 8.75. The fourth-order valence-corrected chi connectivity index (χ4v) is 3.29. The van der Waals surface area contributed by atoms with Gasteiger partial charge in [0.05, 0.1) is 35.8 Å². The summed E-state index contributed by atoms with van der Waals surface area (Å²) in [7, 11) is 0. The first-order chi connectivity index (χ1) is 14.2. The first-order valence-electron chi connectivity index (χ1n) is 8.75. The minimum Gasteiger partial charge on any atom is -0.329 e. The van der Waals surface area contributed by atoms with Gasteiger partial charge in [-0.05, 0) is 19.1 Å². The molecule has 2 aromatic heterocycles. The van der Waals surface area contributed by atoms with Gasteiger partial charge in [0.25, 0.3) is 11.9 Å². The summed E-state index contributed by atoms with van der Waals surface area (Å²) in [4.78, 5) is 21.7. The maximum atomic E-state index is 14.4. The van der Waals surface area contributed by atoms with E-state index in [1.54, 1.807) is 6.92 Å². The lowest BCUT2D eigenvalue weighted by molar-refractivity contribution is -0.140. The van der Waals surface area contributed by atoms with Gasteiger partial charge >= 0.3 is 6.18 Å². The average molecular weight is 458 g/mol. The topological polar surface area (TPSA) is 76.8 Å². The van der Waals surface area contributed by atoms with Crippen LogP contribution in [0.4, 0.5) is 22.0 Å². The summed E-state index contributed by atoms with van der Waals surface area (Å²) in [6.07, 6.45) is -2.77. The van der Waals surface area contributed by atoms with Crippen LogP contribution in [0.1, 0.15) is 34.2 Å². The Morgan fingerprint density at radius 1 is 1.16 bits per heavy atom. The highest BCUT2D eigenvalue weighted by atomic mass is 32.1. The normalized spacial score (nSPS) is 15.9. The van der Waals surface area contributed by atoms with Crippen molar-refractivity contribution in [2.45, 2.75) is 32.1 Å². The number of amides is 1. The van der Waals surface area contributed by atoms with Gasteiger partial charge < -0.3 is 4.90 Å². The molecule has 0 fully saturated rings. The zero-order chi connectivity index (χ0) is 21.6. The van der Waals surface area contributed by atoms with E-state index >= 15 is 0 Å². The van der Waals surface area contributed by atoms with Gasteiger partial charge in [-0.15, -0.1) is 5.10 Å². The summed E-state index contributed by atoms with van der Waals surface area (Å²) in [5.74, 6) is -3.04. The molecule has 3 heterocycles. The second kappa shape index (κ2) is 8.21. The average Bonchev–Trinajstić information content (AvgIpc) is 3.09. The van der Waals surface area contributed by atoms with Gasteiger partial charge in [-0.25, -0.2) is 18.7 Å². The Balaban J connectivity index is 0.00000272. The number of fused-ring (bicyclic) bond motifs is 1. The lowest BCUT2D eigenvalue weighted by Crippen LogP contribution is -2.43. The van der Waals surface area contributed by atoms with Crippen LogP contribution in [-0.2, 0) is 19.1 Å². The molecule has 1 aliphatic rings. The molecule has 0 N–H and O–H groups in total. The van der Waals surface area contributed by atoms with E-state index in [1.807, 2.05) is 0 Å². The molecule has 1 aromatic carbocycles. The smallest absolute Gasteiger partial charge is 0.329 e. The number of hydrogen-bond donors (Lipinski definition) is 0. The second-order valence-corrected chi connectivity index (χ2v) is 6.75. The van der Waals surface area contributed by atoms with E-state index < -0.39 is 40.9 Å². The molecule has 4 rings (SSSR count). The van der Waals surface area contributed by atoms with Gasteiger partial charge in [0.1, 0.15) is 11.5 Å². The summed E-state index contributed by atoms with van der Waals surface area (Å²) in [5.41, 5.74) is -1.24. The summed E-state index contributed by atoms with van der Waals surface area (Å²) in [6, 6.07) is 2.08. The van der Waals surface area contributed by atoms with Crippen molar-refractivity contribution in [2.75, 3.05) is 0 Å². The molecule has 0 saturated carbocycles. The molecule has 0 aliphatic carbocycles. The number of aromatic nitrogens is 5. The number of benzene rings is 1. The molecule has 0 saturated heterocycles. The van der Waals surface area contributed by atoms with E-state index in [0.717, 1.165) is 24.5 Å². The van der Waals surface area contributed by atoms with Crippen LogP contribution < -0.4 is 0 Å². The van der Waals surface area contributed by atoms with Crippen LogP contribution in [0.2, 0.25) is 0 Å². The van der Waals surface area contributed by atoms with Gasteiger partial charge in [0, 0.05) is 12.5 Å². The van der Waals surface area contributed by atoms with E-state index in [0.29, 0.717) is 17.5 Å². The Hall–Kier alpha value is -3.09. The van der Waals surface area contributed by atoms with Crippen molar-refractivity contribution < 1.29 is 26.7 Å². The van der Waals surface area contributed by atoms with Crippen molar-refractivity contribution in [1.29, 1.82) is 0 Å². The number of rotatable bonds is 2. The summed E-state index contributed by atoms with van der Waals surface area (Å²) >= 11 is 0. The van der Waals surface area contributed by atoms with E-state index in [1.165, 1.54) is 9.58 Å². The van der Waals surface area contributed by atoms with Crippen molar-refractivity contribution in [1.82, 2.24) is 29.9 Å². The summed E-state index contributed by atoms with van der Waals surface area (Å²) in [6.45, 7) is 1.57. The molecular weight excluding hydrogens is 443 g/mol. The predicted octanol–water partition coefficient (Wildman–Crippen LogP) is 3.05. The number of nitrogens with zero attached hydrogens (tertiary/aromatic N) is 6. The third-order valence-corrected chi connectivity index (χ3v) is 4.78. The van der Waals surface area contributed by atoms with Crippen molar-refractivity contribution in [3.8, 4) is 5.95 Å². The molecule has 0 bridgehead atoms. The zero-order valence-corrected chi connectivity index (χ0v) is 16.9. The summed E-state index contributed by atoms with van der Waals surface area (Å²) in [5, 5.41) is 7.89. The lowest BCUT2D eigenvalue weighted by Gasteiger charge is -2.33. The van der Waals surface area contributed by atoms with Crippen molar-refractivity contribution >= 4 is 19.4 Å². The highest BCUT2D eigenvalue weighted by Gasteiger charge is 2.38. The SMILES string of the molecule is C[C@H]1Cc2c(nnn2-c2ncc(F)cn2)CN1C(=O)c1cccc(C(F)(F)F)c1F.S. The molecule has 7 nitrogen and oxygen atoms in total. The van der Waals surface area contributed by atoms with Gasteiger partial charge in [-0.1, -0.05) is 11.3 Å². The van der Waals surface area contributed by atoms with Gasteiger partial charge in [-0.2, -0.15) is 31.3 Å². The number of carbonyl (C=O) groups excluding carboxylic acids is 1. The Morgan fingerprint density at radius 3 is 2.48 bits per heavy atom. The predicted molar refractivity (Wildman–Crippen MR) is 102 cm³/mol. The fraction of sp³-hybridized carbons (Fsp3) is 0.278. The molecule has 3 aromatic rings. The van der Waals surface area contributed by atoms with Crippen molar-refractivity contribution in [3.05, 3.63) is 64.7 Å². The first kappa shape index (κ1) is 22.6. The van der Waals surface area contributed by atoms with Crippen LogP contribution in [0, 0.1) is 11.6 Å². The minimum atomic E-state index is -4.92. The van der Waals surface area contributed by atoms with E-state index in [4.69, 9.17) is 0 Å². The van der Waals surface area contributed by atoms with E-state index in [2.05, 4.69) is 20.3 Å². The Morgan fingerprint density at radius 2 is 1.84 bits per heavy atom. The maximum Gasteiger partial charge on any atom is 0.419 e. The molecule has 1 aliphatic heterocycles. The number of carbonyl (C=O) groups is 1. The fourth-order valence-electron chi connectivity index (χ4n) is 3.29. The molecule has 1 atom stereocenters. The lowest BCUT2D eigenvalue weighted by atomic mass is 10.0. The monoisotopic (exact) mass is 458 g/mol. The maximum absolute atomic E-state index is 14.4. The molecule has 31 heavy (non-hydrogen) atoms. The highest BCUT2D eigenvalue weighted by Crippen LogP contribution is 2.33. The summed E-state index contributed by atoms with van der Waals surface area (Å²) < 4.78 is 67.7. The number of alkyl halides is 3. The molecule has 13 heteroatoms. The standard InChI is InChI=1S/C18H13F5N6O.H2S/c1-9-5-14-13(26-27-29(14)17-24-6-10(19)7-25-17)8-28(9)16(30)11-3-2-4-12(15(11)20)18(21,22)23;/h2-4,6-7,9H,5,8H2,1H3;1H2/t9-;/m0./s1. The number of halogens is 5. The second-order valence-electron chi connectivity index (χ2n) is 6.75. The van der Waals surface area contributed by atoms with Crippen LogP contribution >= 0.6 is 13.5 Å². The van der Waals surface area contributed by atoms with Gasteiger partial charge in [0.15, 0.2) is 5.82 Å². The Kier molecular flexibility index (Phi) is 5.98.